The number of hydrogen-bond acceptors (Lipinski definition) is 4. The van der Waals surface area contributed by atoms with Crippen molar-refractivity contribution in [1.29, 1.82) is 0 Å². The molecule has 1 heterocycles. The van der Waals surface area contributed by atoms with Gasteiger partial charge in [-0.2, -0.15) is 0 Å². The van der Waals surface area contributed by atoms with Crippen LogP contribution < -0.4 is 10.6 Å². The van der Waals surface area contributed by atoms with E-state index in [0.29, 0.717) is 6.04 Å². The second-order valence-electron chi connectivity index (χ2n) is 5.55. The molecule has 2 unspecified atom stereocenters. The van der Waals surface area contributed by atoms with E-state index in [2.05, 4.69) is 41.4 Å². The zero-order chi connectivity index (χ0) is 13.7. The van der Waals surface area contributed by atoms with Crippen LogP contribution in [-0.2, 0) is 6.42 Å². The van der Waals surface area contributed by atoms with Crippen molar-refractivity contribution in [3.05, 3.63) is 11.9 Å². The lowest BCUT2D eigenvalue weighted by molar-refractivity contribution is 0.358. The van der Waals surface area contributed by atoms with Gasteiger partial charge in [0.15, 0.2) is 0 Å². The molecule has 1 aliphatic rings. The molecule has 1 aromatic heterocycles. The Morgan fingerprint density at radius 2 is 2.00 bits per heavy atom. The zero-order valence-electron chi connectivity index (χ0n) is 12.4. The third-order valence-electron chi connectivity index (χ3n) is 3.92. The van der Waals surface area contributed by atoms with Gasteiger partial charge in [0.1, 0.15) is 18.0 Å². The molecule has 1 fully saturated rings. The molecule has 19 heavy (non-hydrogen) atoms. The SMILES string of the molecule is CCNc1ncnc(NC2CCCC(C)C2)c1CC. The fourth-order valence-electron chi connectivity index (χ4n) is 2.95. The Morgan fingerprint density at radius 1 is 1.21 bits per heavy atom. The van der Waals surface area contributed by atoms with Crippen molar-refractivity contribution in [3.63, 3.8) is 0 Å². The fraction of sp³-hybridized carbons (Fsp3) is 0.733. The van der Waals surface area contributed by atoms with Crippen LogP contribution in [-0.4, -0.2) is 22.6 Å². The summed E-state index contributed by atoms with van der Waals surface area (Å²) in [7, 11) is 0. The van der Waals surface area contributed by atoms with E-state index in [1.807, 2.05) is 0 Å². The Morgan fingerprint density at radius 3 is 2.68 bits per heavy atom. The second kappa shape index (κ2) is 6.73. The van der Waals surface area contributed by atoms with Gasteiger partial charge < -0.3 is 10.6 Å². The van der Waals surface area contributed by atoms with Gasteiger partial charge in [-0.15, -0.1) is 0 Å². The molecule has 1 aliphatic carbocycles. The van der Waals surface area contributed by atoms with Crippen LogP contribution in [0.3, 0.4) is 0 Å². The Hall–Kier alpha value is -1.32. The highest BCUT2D eigenvalue weighted by Crippen LogP contribution is 2.28. The summed E-state index contributed by atoms with van der Waals surface area (Å²) in [4.78, 5) is 8.80. The van der Waals surface area contributed by atoms with Gasteiger partial charge >= 0.3 is 0 Å². The summed E-state index contributed by atoms with van der Waals surface area (Å²) in [5, 5.41) is 6.96. The summed E-state index contributed by atoms with van der Waals surface area (Å²) in [5.41, 5.74) is 1.21. The molecule has 0 aliphatic heterocycles. The van der Waals surface area contributed by atoms with Gasteiger partial charge in [0.05, 0.1) is 0 Å². The Balaban J connectivity index is 2.12. The van der Waals surface area contributed by atoms with E-state index in [0.717, 1.165) is 30.5 Å². The summed E-state index contributed by atoms with van der Waals surface area (Å²) in [6.07, 6.45) is 7.81. The van der Waals surface area contributed by atoms with Gasteiger partial charge in [0, 0.05) is 18.2 Å². The maximum Gasteiger partial charge on any atom is 0.134 e. The van der Waals surface area contributed by atoms with Gasteiger partial charge in [0.2, 0.25) is 0 Å². The van der Waals surface area contributed by atoms with Gasteiger partial charge in [-0.1, -0.05) is 26.7 Å². The first-order valence-electron chi connectivity index (χ1n) is 7.58. The highest BCUT2D eigenvalue weighted by atomic mass is 15.1. The predicted molar refractivity (Wildman–Crippen MR) is 80.6 cm³/mol. The molecule has 0 bridgehead atoms. The third-order valence-corrected chi connectivity index (χ3v) is 3.92. The number of nitrogens with zero attached hydrogens (tertiary/aromatic N) is 2. The molecule has 2 atom stereocenters. The number of nitrogens with one attached hydrogen (secondary N) is 2. The van der Waals surface area contributed by atoms with Crippen molar-refractivity contribution >= 4 is 11.6 Å². The predicted octanol–water partition coefficient (Wildman–Crippen LogP) is 3.46. The van der Waals surface area contributed by atoms with Crippen molar-refractivity contribution in [2.45, 2.75) is 58.9 Å². The minimum absolute atomic E-state index is 0.568. The monoisotopic (exact) mass is 262 g/mol. The molecule has 2 rings (SSSR count). The molecule has 2 N–H and O–H groups in total. The summed E-state index contributed by atoms with van der Waals surface area (Å²) in [5.74, 6) is 2.82. The van der Waals surface area contributed by atoms with Crippen molar-refractivity contribution in [2.24, 2.45) is 5.92 Å². The van der Waals surface area contributed by atoms with Crippen LogP contribution in [0.5, 0.6) is 0 Å². The molecule has 0 spiro atoms. The Kier molecular flexibility index (Phi) is 5.00. The standard InChI is InChI=1S/C15H26N4/c1-4-13-14(16-5-2)17-10-18-15(13)19-12-8-6-7-11(3)9-12/h10-12H,4-9H2,1-3H3,(H2,16,17,18,19). The maximum absolute atomic E-state index is 4.45. The Labute approximate surface area is 116 Å². The molecule has 106 valence electrons. The molecular weight excluding hydrogens is 236 g/mol. The van der Waals surface area contributed by atoms with Gasteiger partial charge in [-0.25, -0.2) is 9.97 Å². The number of anilines is 2. The van der Waals surface area contributed by atoms with Crippen molar-refractivity contribution in [2.75, 3.05) is 17.2 Å². The maximum atomic E-state index is 4.45. The highest BCUT2D eigenvalue weighted by molar-refractivity contribution is 5.57. The molecule has 0 radical (unpaired) electrons. The largest absolute Gasteiger partial charge is 0.370 e. The second-order valence-corrected chi connectivity index (χ2v) is 5.55. The van der Waals surface area contributed by atoms with E-state index in [1.165, 1.54) is 31.2 Å². The smallest absolute Gasteiger partial charge is 0.134 e. The first-order valence-corrected chi connectivity index (χ1v) is 7.58. The van der Waals surface area contributed by atoms with E-state index < -0.39 is 0 Å². The van der Waals surface area contributed by atoms with Crippen molar-refractivity contribution < 1.29 is 0 Å². The average Bonchev–Trinajstić information content (AvgIpc) is 2.39. The zero-order valence-corrected chi connectivity index (χ0v) is 12.4. The van der Waals surface area contributed by atoms with Crippen molar-refractivity contribution in [3.8, 4) is 0 Å². The van der Waals surface area contributed by atoms with Crippen LogP contribution in [0, 0.1) is 5.92 Å². The van der Waals surface area contributed by atoms with Crippen LogP contribution in [0.4, 0.5) is 11.6 Å². The highest BCUT2D eigenvalue weighted by Gasteiger charge is 2.20. The summed E-state index contributed by atoms with van der Waals surface area (Å²) in [6.45, 7) is 7.49. The molecule has 0 saturated heterocycles. The number of rotatable bonds is 5. The van der Waals surface area contributed by atoms with E-state index in [-0.39, 0.29) is 0 Å². The lowest BCUT2D eigenvalue weighted by Crippen LogP contribution is -2.27. The van der Waals surface area contributed by atoms with Crippen LogP contribution >= 0.6 is 0 Å². The van der Waals surface area contributed by atoms with E-state index in [1.54, 1.807) is 6.33 Å². The van der Waals surface area contributed by atoms with Crippen LogP contribution in [0.25, 0.3) is 0 Å². The van der Waals surface area contributed by atoms with Gasteiger partial charge in [0.25, 0.3) is 0 Å². The van der Waals surface area contributed by atoms with Gasteiger partial charge in [-0.3, -0.25) is 0 Å². The lowest BCUT2D eigenvalue weighted by atomic mass is 9.87. The molecule has 0 amide bonds. The van der Waals surface area contributed by atoms with Crippen LogP contribution in [0.15, 0.2) is 6.33 Å². The quantitative estimate of drug-likeness (QED) is 0.853. The van der Waals surface area contributed by atoms with E-state index in [9.17, 15) is 0 Å². The first kappa shape index (κ1) is 14.1. The lowest BCUT2D eigenvalue weighted by Gasteiger charge is -2.28. The molecule has 1 aromatic rings. The van der Waals surface area contributed by atoms with Crippen LogP contribution in [0.1, 0.15) is 52.0 Å². The van der Waals surface area contributed by atoms with Crippen LogP contribution in [0.2, 0.25) is 0 Å². The molecule has 1 saturated carbocycles. The molecule has 4 nitrogen and oxygen atoms in total. The Bertz CT molecular complexity index is 405. The van der Waals surface area contributed by atoms with Crippen molar-refractivity contribution in [1.82, 2.24) is 9.97 Å². The van der Waals surface area contributed by atoms with E-state index >= 15 is 0 Å². The molecule has 4 heteroatoms. The number of hydrogen-bond donors (Lipinski definition) is 2. The first-order chi connectivity index (χ1) is 9.24. The summed E-state index contributed by atoms with van der Waals surface area (Å²) < 4.78 is 0. The third kappa shape index (κ3) is 3.58. The fourth-order valence-corrected chi connectivity index (χ4v) is 2.95. The van der Waals surface area contributed by atoms with E-state index in [4.69, 9.17) is 0 Å². The summed E-state index contributed by atoms with van der Waals surface area (Å²) >= 11 is 0. The normalized spacial score (nSPS) is 23.1. The number of aromatic nitrogens is 2. The minimum atomic E-state index is 0.568. The molecule has 0 aromatic carbocycles. The molecular formula is C15H26N4. The van der Waals surface area contributed by atoms with Gasteiger partial charge in [-0.05, 0) is 32.1 Å². The topological polar surface area (TPSA) is 49.8 Å². The minimum Gasteiger partial charge on any atom is -0.370 e. The average molecular weight is 262 g/mol. The summed E-state index contributed by atoms with van der Waals surface area (Å²) in [6, 6.07) is 0.568.